The highest BCUT2D eigenvalue weighted by Gasteiger charge is 2.27. The lowest BCUT2D eigenvalue weighted by atomic mass is 10.0. The van der Waals surface area contributed by atoms with Gasteiger partial charge in [-0.15, -0.1) is 0 Å². The summed E-state index contributed by atoms with van der Waals surface area (Å²) in [4.78, 5) is 41.9. The molecule has 102 valence electrons. The van der Waals surface area contributed by atoms with Crippen molar-refractivity contribution in [1.29, 1.82) is 0 Å². The second kappa shape index (κ2) is 7.22. The molecule has 0 saturated carbocycles. The number of hydrogen-bond acceptors (Lipinski definition) is 5. The summed E-state index contributed by atoms with van der Waals surface area (Å²) in [6, 6.07) is -1.79. The number of aliphatic carboxylic acids is 4. The average Bonchev–Trinajstić information content (AvgIpc) is 2.20. The van der Waals surface area contributed by atoms with Gasteiger partial charge >= 0.3 is 23.9 Å². The zero-order valence-corrected chi connectivity index (χ0v) is 9.20. The molecule has 0 aliphatic carbocycles. The molecule has 0 aliphatic rings. The predicted molar refractivity (Wildman–Crippen MR) is 55.1 cm³/mol. The third-order valence-electron chi connectivity index (χ3n) is 2.11. The summed E-state index contributed by atoms with van der Waals surface area (Å²) in [5.41, 5.74) is 0. The molecule has 0 spiro atoms. The van der Waals surface area contributed by atoms with Gasteiger partial charge < -0.3 is 20.4 Å². The quantitative estimate of drug-likeness (QED) is 0.251. The molecule has 0 unspecified atom stereocenters. The molecule has 0 aromatic rings. The van der Waals surface area contributed by atoms with Gasteiger partial charge in [0.2, 0.25) is 6.04 Å². The van der Waals surface area contributed by atoms with E-state index in [4.69, 9.17) is 20.4 Å². The molecule has 0 radical (unpaired) electrons. The molecule has 0 atom stereocenters. The van der Waals surface area contributed by atoms with Gasteiger partial charge in [-0.1, -0.05) is 0 Å². The van der Waals surface area contributed by atoms with Crippen LogP contribution in [0.1, 0.15) is 12.8 Å². The van der Waals surface area contributed by atoms with Gasteiger partial charge in [-0.3, -0.25) is 14.9 Å². The first-order valence-corrected chi connectivity index (χ1v) is 4.92. The highest BCUT2D eigenvalue weighted by molar-refractivity contribution is 5.97. The SMILES string of the molecule is O=C(O)C(CCCNC(C(=O)O)C(=O)O)C(=O)O. The summed E-state index contributed by atoms with van der Waals surface area (Å²) in [7, 11) is 0. The largest absolute Gasteiger partial charge is 0.481 e. The van der Waals surface area contributed by atoms with Crippen molar-refractivity contribution >= 4 is 23.9 Å². The topological polar surface area (TPSA) is 161 Å². The molecule has 0 amide bonds. The van der Waals surface area contributed by atoms with Crippen molar-refractivity contribution in [2.45, 2.75) is 18.9 Å². The van der Waals surface area contributed by atoms with Crippen molar-refractivity contribution in [2.24, 2.45) is 5.92 Å². The first kappa shape index (κ1) is 15.8. The van der Waals surface area contributed by atoms with E-state index in [0.29, 0.717) is 0 Å². The molecule has 5 N–H and O–H groups in total. The molecule has 0 saturated heterocycles. The van der Waals surface area contributed by atoms with Crippen LogP contribution in [-0.4, -0.2) is 56.9 Å². The van der Waals surface area contributed by atoms with Crippen LogP contribution in [0, 0.1) is 5.92 Å². The number of rotatable bonds is 9. The van der Waals surface area contributed by atoms with Crippen LogP contribution < -0.4 is 5.32 Å². The molecule has 0 fully saturated rings. The van der Waals surface area contributed by atoms with Crippen molar-refractivity contribution in [3.63, 3.8) is 0 Å². The zero-order valence-electron chi connectivity index (χ0n) is 9.20. The fourth-order valence-corrected chi connectivity index (χ4v) is 1.19. The number of hydrogen-bond donors (Lipinski definition) is 5. The maximum absolute atomic E-state index is 10.5. The Balaban J connectivity index is 4.12. The van der Waals surface area contributed by atoms with Gasteiger partial charge in [0, 0.05) is 0 Å². The molecule has 0 heterocycles. The molecule has 0 aromatic carbocycles. The van der Waals surface area contributed by atoms with Crippen LogP contribution in [0.25, 0.3) is 0 Å². The molecule has 0 aliphatic heterocycles. The van der Waals surface area contributed by atoms with Gasteiger partial charge in [0.25, 0.3) is 0 Å². The van der Waals surface area contributed by atoms with Crippen LogP contribution in [0.5, 0.6) is 0 Å². The third-order valence-corrected chi connectivity index (χ3v) is 2.11. The highest BCUT2D eigenvalue weighted by atomic mass is 16.4. The number of carboxylic acids is 4. The normalized spacial score (nSPS) is 10.6. The van der Waals surface area contributed by atoms with E-state index in [-0.39, 0.29) is 19.4 Å². The summed E-state index contributed by atoms with van der Waals surface area (Å²) in [5, 5.41) is 36.2. The van der Waals surface area contributed by atoms with Gasteiger partial charge in [-0.2, -0.15) is 0 Å². The Kier molecular flexibility index (Phi) is 6.35. The van der Waals surface area contributed by atoms with E-state index in [0.717, 1.165) is 0 Å². The molecule has 0 rings (SSSR count). The molecular weight excluding hydrogens is 250 g/mol. The van der Waals surface area contributed by atoms with Crippen LogP contribution in [0.15, 0.2) is 0 Å². The summed E-state index contributed by atoms with van der Waals surface area (Å²) in [6.45, 7) is -0.111. The van der Waals surface area contributed by atoms with Crippen molar-refractivity contribution in [1.82, 2.24) is 5.32 Å². The van der Waals surface area contributed by atoms with Crippen LogP contribution >= 0.6 is 0 Å². The monoisotopic (exact) mass is 263 g/mol. The lowest BCUT2D eigenvalue weighted by Crippen LogP contribution is -2.43. The van der Waals surface area contributed by atoms with Gasteiger partial charge in [0.05, 0.1) is 0 Å². The van der Waals surface area contributed by atoms with Crippen molar-refractivity contribution < 1.29 is 39.6 Å². The van der Waals surface area contributed by atoms with Crippen LogP contribution in [0.3, 0.4) is 0 Å². The maximum atomic E-state index is 10.5. The summed E-state index contributed by atoms with van der Waals surface area (Å²) >= 11 is 0. The van der Waals surface area contributed by atoms with E-state index in [1.165, 1.54) is 0 Å². The summed E-state index contributed by atoms with van der Waals surface area (Å²) in [5.74, 6) is -7.71. The first-order valence-electron chi connectivity index (χ1n) is 4.92. The summed E-state index contributed by atoms with van der Waals surface area (Å²) in [6.07, 6.45) is -0.191. The van der Waals surface area contributed by atoms with Crippen molar-refractivity contribution in [2.75, 3.05) is 6.54 Å². The minimum absolute atomic E-state index is 0.0281. The third kappa shape index (κ3) is 5.25. The zero-order chi connectivity index (χ0) is 14.3. The van der Waals surface area contributed by atoms with Gasteiger partial charge in [0.15, 0.2) is 5.92 Å². The van der Waals surface area contributed by atoms with Crippen LogP contribution in [0.4, 0.5) is 0 Å². The first-order chi connectivity index (χ1) is 8.27. The maximum Gasteiger partial charge on any atom is 0.332 e. The van der Waals surface area contributed by atoms with Gasteiger partial charge in [-0.25, -0.2) is 9.59 Å². The van der Waals surface area contributed by atoms with E-state index in [1.54, 1.807) is 0 Å². The number of carboxylic acid groups (broad SMARTS) is 4. The van der Waals surface area contributed by atoms with Gasteiger partial charge in [0.1, 0.15) is 0 Å². The molecule has 18 heavy (non-hydrogen) atoms. The Labute approximate surface area is 101 Å². The molecule has 0 bridgehead atoms. The Morgan fingerprint density at radius 1 is 0.833 bits per heavy atom. The van der Waals surface area contributed by atoms with Crippen LogP contribution in [-0.2, 0) is 19.2 Å². The molecular formula is C9H13NO8. The van der Waals surface area contributed by atoms with Gasteiger partial charge in [-0.05, 0) is 19.4 Å². The Morgan fingerprint density at radius 3 is 1.61 bits per heavy atom. The Bertz CT molecular complexity index is 290. The molecule has 0 aromatic heterocycles. The lowest BCUT2D eigenvalue weighted by molar-refractivity contribution is -0.156. The summed E-state index contributed by atoms with van der Waals surface area (Å²) < 4.78 is 0. The van der Waals surface area contributed by atoms with E-state index < -0.39 is 35.8 Å². The van der Waals surface area contributed by atoms with Crippen molar-refractivity contribution in [3.8, 4) is 0 Å². The van der Waals surface area contributed by atoms with E-state index in [9.17, 15) is 19.2 Å². The molecule has 9 nitrogen and oxygen atoms in total. The lowest BCUT2D eigenvalue weighted by Gasteiger charge is -2.11. The minimum atomic E-state index is -1.79. The minimum Gasteiger partial charge on any atom is -0.481 e. The number of carbonyl (C=O) groups is 4. The standard InChI is InChI=1S/C9H13NO8/c11-6(12)4(7(13)14)2-1-3-10-5(8(15)16)9(17)18/h4-5,10H,1-3H2,(H,11,12)(H,13,14)(H,15,16)(H,17,18). The Hall–Kier alpha value is -2.16. The predicted octanol–water partition coefficient (Wildman–Crippen LogP) is -1.32. The number of nitrogens with one attached hydrogen (secondary N) is 1. The second-order valence-corrected chi connectivity index (χ2v) is 3.43. The molecule has 9 heteroatoms. The van der Waals surface area contributed by atoms with Crippen LogP contribution in [0.2, 0.25) is 0 Å². The second-order valence-electron chi connectivity index (χ2n) is 3.43. The highest BCUT2D eigenvalue weighted by Crippen LogP contribution is 2.06. The van der Waals surface area contributed by atoms with Crippen molar-refractivity contribution in [3.05, 3.63) is 0 Å². The van der Waals surface area contributed by atoms with E-state index in [1.807, 2.05) is 0 Å². The average molecular weight is 263 g/mol. The Morgan fingerprint density at radius 2 is 1.28 bits per heavy atom. The fourth-order valence-electron chi connectivity index (χ4n) is 1.19. The smallest absolute Gasteiger partial charge is 0.332 e. The van der Waals surface area contributed by atoms with E-state index >= 15 is 0 Å². The van der Waals surface area contributed by atoms with E-state index in [2.05, 4.69) is 5.32 Å². The fraction of sp³-hybridized carbons (Fsp3) is 0.556.